The lowest BCUT2D eigenvalue weighted by molar-refractivity contribution is 1.20. The van der Waals surface area contributed by atoms with Gasteiger partial charge in [-0.3, -0.25) is 0 Å². The molecular weight excluding hydrogens is 198 g/mol. The van der Waals surface area contributed by atoms with E-state index in [2.05, 4.69) is 34.6 Å². The molecule has 1 nitrogen and oxygen atoms in total. The highest BCUT2D eigenvalue weighted by atomic mass is 32.2. The number of thioether (sulfide) groups is 1. The molecule has 1 heterocycles. The van der Waals surface area contributed by atoms with E-state index < -0.39 is 0 Å². The molecule has 0 bridgehead atoms. The van der Waals surface area contributed by atoms with Crippen molar-refractivity contribution in [2.24, 2.45) is 0 Å². The number of hydrogen-bond donors (Lipinski definition) is 0. The van der Waals surface area contributed by atoms with Crippen LogP contribution in [0.15, 0.2) is 46.2 Å². The van der Waals surface area contributed by atoms with Crippen molar-refractivity contribution in [1.29, 1.82) is 0 Å². The van der Waals surface area contributed by atoms with Crippen molar-refractivity contribution in [1.82, 2.24) is 4.98 Å². The van der Waals surface area contributed by atoms with Crippen LogP contribution < -0.4 is 0 Å². The molecule has 66 valence electrons. The quantitative estimate of drug-likeness (QED) is 0.715. The second-order valence-corrected chi connectivity index (χ2v) is 4.32. The fourth-order valence-corrected chi connectivity index (χ4v) is 2.56. The van der Waals surface area contributed by atoms with Gasteiger partial charge in [0.2, 0.25) is 0 Å². The second kappa shape index (κ2) is 4.44. The summed E-state index contributed by atoms with van der Waals surface area (Å²) in [6.45, 7) is 0. The van der Waals surface area contributed by atoms with Crippen LogP contribution >= 0.6 is 23.1 Å². The highest BCUT2D eigenvalue weighted by Crippen LogP contribution is 2.21. The summed E-state index contributed by atoms with van der Waals surface area (Å²) < 4.78 is 0. The second-order valence-electron chi connectivity index (χ2n) is 2.60. The summed E-state index contributed by atoms with van der Waals surface area (Å²) >= 11 is 3.42. The predicted molar refractivity (Wildman–Crippen MR) is 58.1 cm³/mol. The van der Waals surface area contributed by atoms with Gasteiger partial charge in [0.05, 0.1) is 5.51 Å². The molecule has 0 saturated heterocycles. The highest BCUT2D eigenvalue weighted by Gasteiger charge is 1.96. The maximum atomic E-state index is 4.21. The minimum Gasteiger partial charge on any atom is -0.238 e. The number of nitrogens with zero attached hydrogens (tertiary/aromatic N) is 1. The first-order valence-electron chi connectivity index (χ1n) is 4.00. The fourth-order valence-electron chi connectivity index (χ4n) is 1.00. The predicted octanol–water partition coefficient (Wildman–Crippen LogP) is 3.44. The maximum absolute atomic E-state index is 4.21. The fraction of sp³-hybridized carbons (Fsp3) is 0.100. The Labute approximate surface area is 85.8 Å². The summed E-state index contributed by atoms with van der Waals surface area (Å²) in [6, 6.07) is 10.4. The smallest absolute Gasteiger partial charge is 0.107 e. The number of hydrogen-bond acceptors (Lipinski definition) is 3. The van der Waals surface area contributed by atoms with Crippen LogP contribution in [0.1, 0.15) is 5.56 Å². The van der Waals surface area contributed by atoms with Crippen molar-refractivity contribution in [3.8, 4) is 0 Å². The molecule has 0 aliphatic rings. The average Bonchev–Trinajstić information content (AvgIpc) is 2.69. The molecule has 0 radical (unpaired) electrons. The minimum absolute atomic E-state index is 1.00. The lowest BCUT2D eigenvalue weighted by Gasteiger charge is -1.97. The zero-order valence-corrected chi connectivity index (χ0v) is 8.65. The van der Waals surface area contributed by atoms with E-state index in [4.69, 9.17) is 0 Å². The van der Waals surface area contributed by atoms with Gasteiger partial charge >= 0.3 is 0 Å². The van der Waals surface area contributed by atoms with Gasteiger partial charge in [-0.1, -0.05) is 30.3 Å². The Hall–Kier alpha value is -0.800. The van der Waals surface area contributed by atoms with Crippen LogP contribution in [0.3, 0.4) is 0 Å². The van der Waals surface area contributed by atoms with Gasteiger partial charge in [0.1, 0.15) is 5.03 Å². The van der Waals surface area contributed by atoms with E-state index in [0.29, 0.717) is 0 Å². The molecule has 2 aromatic rings. The number of aromatic nitrogens is 1. The van der Waals surface area contributed by atoms with Crippen LogP contribution in [0.5, 0.6) is 0 Å². The SMILES string of the molecule is c1ccc(CSc2cscn2)cc1. The summed E-state index contributed by atoms with van der Waals surface area (Å²) in [5.41, 5.74) is 3.22. The first-order chi connectivity index (χ1) is 6.45. The molecule has 0 N–H and O–H groups in total. The zero-order chi connectivity index (χ0) is 8.93. The Morgan fingerprint density at radius 2 is 2.08 bits per heavy atom. The molecule has 0 unspecified atom stereocenters. The molecule has 0 atom stereocenters. The maximum Gasteiger partial charge on any atom is 0.107 e. The van der Waals surface area contributed by atoms with Crippen molar-refractivity contribution in [3.63, 3.8) is 0 Å². The summed E-state index contributed by atoms with van der Waals surface area (Å²) in [7, 11) is 0. The standard InChI is InChI=1S/C10H9NS2/c1-2-4-9(5-3-1)6-13-10-7-12-8-11-10/h1-5,7-8H,6H2. The van der Waals surface area contributed by atoms with Gasteiger partial charge in [-0.25, -0.2) is 4.98 Å². The Kier molecular flexibility index (Phi) is 3.00. The largest absolute Gasteiger partial charge is 0.238 e. The third kappa shape index (κ3) is 2.57. The summed E-state index contributed by atoms with van der Waals surface area (Å²) in [5.74, 6) is 1.00. The van der Waals surface area contributed by atoms with Gasteiger partial charge in [0.15, 0.2) is 0 Å². The lowest BCUT2D eigenvalue weighted by atomic mass is 10.2. The summed E-state index contributed by atoms with van der Waals surface area (Å²) in [6.07, 6.45) is 0. The first-order valence-corrected chi connectivity index (χ1v) is 5.93. The van der Waals surface area contributed by atoms with Gasteiger partial charge in [-0.05, 0) is 5.56 Å². The van der Waals surface area contributed by atoms with Gasteiger partial charge in [-0.2, -0.15) is 0 Å². The van der Waals surface area contributed by atoms with E-state index in [0.717, 1.165) is 10.8 Å². The van der Waals surface area contributed by atoms with Gasteiger partial charge in [-0.15, -0.1) is 23.1 Å². The van der Waals surface area contributed by atoms with Crippen LogP contribution in [0, 0.1) is 0 Å². The van der Waals surface area contributed by atoms with Crippen LogP contribution in [0.2, 0.25) is 0 Å². The molecule has 0 spiro atoms. The number of benzene rings is 1. The Morgan fingerprint density at radius 1 is 1.23 bits per heavy atom. The molecule has 0 amide bonds. The van der Waals surface area contributed by atoms with Crippen LogP contribution in [0.4, 0.5) is 0 Å². The number of rotatable bonds is 3. The molecule has 0 saturated carbocycles. The normalized spacial score (nSPS) is 10.2. The minimum atomic E-state index is 1.00. The monoisotopic (exact) mass is 207 g/mol. The van der Waals surface area contributed by atoms with Crippen molar-refractivity contribution >= 4 is 23.1 Å². The van der Waals surface area contributed by atoms with E-state index in [9.17, 15) is 0 Å². The Balaban J connectivity index is 1.94. The van der Waals surface area contributed by atoms with Crippen molar-refractivity contribution < 1.29 is 0 Å². The van der Waals surface area contributed by atoms with Crippen LogP contribution in [0.25, 0.3) is 0 Å². The molecule has 2 rings (SSSR count). The number of thiazole rings is 1. The van der Waals surface area contributed by atoms with Crippen LogP contribution in [-0.4, -0.2) is 4.98 Å². The van der Waals surface area contributed by atoms with Gasteiger partial charge in [0, 0.05) is 11.1 Å². The summed E-state index contributed by atoms with van der Waals surface area (Å²) in [5, 5.41) is 3.20. The molecule has 3 heteroatoms. The molecule has 1 aromatic carbocycles. The van der Waals surface area contributed by atoms with E-state index in [-0.39, 0.29) is 0 Å². The van der Waals surface area contributed by atoms with E-state index in [1.54, 1.807) is 23.1 Å². The summed E-state index contributed by atoms with van der Waals surface area (Å²) in [4.78, 5) is 4.21. The molecule has 13 heavy (non-hydrogen) atoms. The Bertz CT molecular complexity index is 342. The van der Waals surface area contributed by atoms with Crippen LogP contribution in [-0.2, 0) is 5.75 Å². The van der Waals surface area contributed by atoms with E-state index in [1.807, 2.05) is 11.6 Å². The third-order valence-electron chi connectivity index (χ3n) is 1.64. The molecule has 0 fully saturated rings. The lowest BCUT2D eigenvalue weighted by Crippen LogP contribution is -1.78. The van der Waals surface area contributed by atoms with E-state index in [1.165, 1.54) is 5.56 Å². The van der Waals surface area contributed by atoms with E-state index >= 15 is 0 Å². The molecular formula is C10H9NS2. The zero-order valence-electron chi connectivity index (χ0n) is 7.01. The Morgan fingerprint density at radius 3 is 2.77 bits per heavy atom. The third-order valence-corrected chi connectivity index (χ3v) is 3.37. The average molecular weight is 207 g/mol. The van der Waals surface area contributed by atoms with Crippen molar-refractivity contribution in [3.05, 3.63) is 46.8 Å². The van der Waals surface area contributed by atoms with Crippen molar-refractivity contribution in [2.45, 2.75) is 10.8 Å². The molecule has 1 aromatic heterocycles. The topological polar surface area (TPSA) is 12.9 Å². The van der Waals surface area contributed by atoms with Gasteiger partial charge in [0.25, 0.3) is 0 Å². The first kappa shape index (κ1) is 8.78. The molecule has 0 aliphatic carbocycles. The highest BCUT2D eigenvalue weighted by molar-refractivity contribution is 7.98. The van der Waals surface area contributed by atoms with Crippen molar-refractivity contribution in [2.75, 3.05) is 0 Å². The van der Waals surface area contributed by atoms with Gasteiger partial charge < -0.3 is 0 Å². The molecule has 0 aliphatic heterocycles.